The molecule has 1 amide bonds. The lowest BCUT2D eigenvalue weighted by Crippen LogP contribution is -2.14. The second kappa shape index (κ2) is 7.84. The fraction of sp³-hybridized carbons (Fsp3) is 0.158. The monoisotopic (exact) mass is 408 g/mol. The van der Waals surface area contributed by atoms with Crippen molar-refractivity contribution in [3.05, 3.63) is 58.6 Å². The number of fused-ring (bicyclic) bond motifs is 3. The fourth-order valence-electron chi connectivity index (χ4n) is 3.09. The number of carbonyl (C=O) groups is 1. The van der Waals surface area contributed by atoms with Crippen LogP contribution < -0.4 is 5.32 Å². The molecule has 2 heterocycles. The smallest absolute Gasteiger partial charge is 0.271 e. The minimum atomic E-state index is -0.508. The summed E-state index contributed by atoms with van der Waals surface area (Å²) in [7, 11) is 0. The van der Waals surface area contributed by atoms with Crippen molar-refractivity contribution in [1.29, 1.82) is 0 Å². The topological polar surface area (TPSA) is 116 Å². The molecule has 4 rings (SSSR count). The van der Waals surface area contributed by atoms with E-state index in [0.717, 1.165) is 40.4 Å². The number of para-hydroxylation sites is 1. The molecule has 0 bridgehead atoms. The molecule has 2 aromatic carbocycles. The highest BCUT2D eigenvalue weighted by atomic mass is 32.2. The van der Waals surface area contributed by atoms with Crippen molar-refractivity contribution in [2.75, 3.05) is 11.1 Å². The standard InChI is InChI=1S/C19H16N6O3S/c1-2-24-15-9-4-3-8-14(15)17-18(24)21-19(23-22-17)29-11-16(26)20-12-6-5-7-13(10-12)25(27)28/h3-10H,2,11H2,1H3,(H,20,26). The first kappa shape index (κ1) is 18.8. The van der Waals surface area contributed by atoms with Crippen LogP contribution in [0.1, 0.15) is 6.92 Å². The lowest BCUT2D eigenvalue weighted by Gasteiger charge is -2.05. The van der Waals surface area contributed by atoms with Crippen molar-refractivity contribution in [3.63, 3.8) is 0 Å². The molecule has 0 fully saturated rings. The molecule has 0 unspecified atom stereocenters. The molecule has 2 aromatic heterocycles. The maximum atomic E-state index is 12.2. The minimum absolute atomic E-state index is 0.0578. The predicted octanol–water partition coefficient (Wildman–Crippen LogP) is 3.64. The Morgan fingerprint density at radius 1 is 1.21 bits per heavy atom. The molecular weight excluding hydrogens is 392 g/mol. The quantitative estimate of drug-likeness (QED) is 0.294. The Bertz CT molecular complexity index is 1240. The molecule has 0 saturated heterocycles. The Hall–Kier alpha value is -3.53. The highest BCUT2D eigenvalue weighted by Crippen LogP contribution is 2.27. The Kier molecular flexibility index (Phi) is 5.09. The van der Waals surface area contributed by atoms with Crippen LogP contribution in [0.25, 0.3) is 22.1 Å². The molecule has 0 spiro atoms. The Morgan fingerprint density at radius 2 is 2.03 bits per heavy atom. The predicted molar refractivity (Wildman–Crippen MR) is 111 cm³/mol. The van der Waals surface area contributed by atoms with Gasteiger partial charge in [0, 0.05) is 29.8 Å². The summed E-state index contributed by atoms with van der Waals surface area (Å²) in [6, 6.07) is 13.7. The number of aromatic nitrogens is 4. The maximum Gasteiger partial charge on any atom is 0.271 e. The summed E-state index contributed by atoms with van der Waals surface area (Å²) in [6.45, 7) is 2.77. The van der Waals surface area contributed by atoms with Crippen molar-refractivity contribution in [2.24, 2.45) is 0 Å². The molecule has 10 heteroatoms. The number of nitrogens with zero attached hydrogens (tertiary/aromatic N) is 5. The van der Waals surface area contributed by atoms with Crippen LogP contribution in [0.4, 0.5) is 11.4 Å². The van der Waals surface area contributed by atoms with Crippen LogP contribution in [0.5, 0.6) is 0 Å². The molecule has 29 heavy (non-hydrogen) atoms. The molecule has 0 atom stereocenters. The summed E-state index contributed by atoms with van der Waals surface area (Å²) in [6.07, 6.45) is 0. The van der Waals surface area contributed by atoms with Gasteiger partial charge in [-0.2, -0.15) is 0 Å². The summed E-state index contributed by atoms with van der Waals surface area (Å²) in [5.74, 6) is -0.252. The van der Waals surface area contributed by atoms with E-state index >= 15 is 0 Å². The first-order valence-corrected chi connectivity index (χ1v) is 9.84. The van der Waals surface area contributed by atoms with Gasteiger partial charge in [-0.25, -0.2) is 4.98 Å². The molecule has 0 radical (unpaired) electrons. The lowest BCUT2D eigenvalue weighted by atomic mass is 10.2. The highest BCUT2D eigenvalue weighted by molar-refractivity contribution is 7.99. The normalized spacial score (nSPS) is 11.1. The number of hydrogen-bond acceptors (Lipinski definition) is 7. The number of nitro groups is 1. The van der Waals surface area contributed by atoms with E-state index in [0.29, 0.717) is 10.8 Å². The van der Waals surface area contributed by atoms with E-state index in [2.05, 4.69) is 25.1 Å². The Balaban J connectivity index is 1.51. The number of carbonyl (C=O) groups excluding carboxylic acids is 1. The summed E-state index contributed by atoms with van der Waals surface area (Å²) in [4.78, 5) is 27.1. The molecule has 1 N–H and O–H groups in total. The van der Waals surface area contributed by atoms with E-state index < -0.39 is 4.92 Å². The van der Waals surface area contributed by atoms with Crippen LogP contribution in [0.3, 0.4) is 0 Å². The lowest BCUT2D eigenvalue weighted by molar-refractivity contribution is -0.384. The van der Waals surface area contributed by atoms with Crippen LogP contribution in [0.15, 0.2) is 53.7 Å². The van der Waals surface area contributed by atoms with E-state index in [1.165, 1.54) is 18.2 Å². The zero-order chi connectivity index (χ0) is 20.4. The van der Waals surface area contributed by atoms with Crippen molar-refractivity contribution in [1.82, 2.24) is 19.7 Å². The summed E-state index contributed by atoms with van der Waals surface area (Å²) in [5, 5.41) is 23.3. The molecular formula is C19H16N6O3S. The Labute approximate surface area is 169 Å². The Morgan fingerprint density at radius 3 is 2.83 bits per heavy atom. The second-order valence-electron chi connectivity index (χ2n) is 6.17. The van der Waals surface area contributed by atoms with E-state index in [4.69, 9.17) is 0 Å². The molecule has 0 aliphatic heterocycles. The van der Waals surface area contributed by atoms with Gasteiger partial charge in [-0.1, -0.05) is 36.0 Å². The SMILES string of the molecule is CCn1c2ccccc2c2nnc(SCC(=O)Nc3cccc([N+](=O)[O-])c3)nc21. The summed E-state index contributed by atoms with van der Waals surface area (Å²) in [5.41, 5.74) is 2.78. The molecule has 9 nitrogen and oxygen atoms in total. The van der Waals surface area contributed by atoms with Crippen molar-refractivity contribution in [3.8, 4) is 0 Å². The van der Waals surface area contributed by atoms with Gasteiger partial charge in [0.2, 0.25) is 11.1 Å². The van der Waals surface area contributed by atoms with Gasteiger partial charge in [0.1, 0.15) is 5.52 Å². The number of rotatable bonds is 6. The van der Waals surface area contributed by atoms with Gasteiger partial charge < -0.3 is 9.88 Å². The first-order valence-electron chi connectivity index (χ1n) is 8.85. The number of amides is 1. The zero-order valence-corrected chi connectivity index (χ0v) is 16.2. The second-order valence-corrected chi connectivity index (χ2v) is 7.11. The molecule has 0 aliphatic rings. The van der Waals surface area contributed by atoms with Gasteiger partial charge in [0.05, 0.1) is 16.2 Å². The summed E-state index contributed by atoms with van der Waals surface area (Å²) >= 11 is 1.16. The van der Waals surface area contributed by atoms with Gasteiger partial charge >= 0.3 is 0 Å². The van der Waals surface area contributed by atoms with Crippen LogP contribution >= 0.6 is 11.8 Å². The zero-order valence-electron chi connectivity index (χ0n) is 15.4. The molecule has 4 aromatic rings. The van der Waals surface area contributed by atoms with Crippen LogP contribution in [0, 0.1) is 10.1 Å². The number of nitrogens with one attached hydrogen (secondary N) is 1. The fourth-order valence-corrected chi connectivity index (χ4v) is 3.68. The maximum absolute atomic E-state index is 12.2. The number of thioether (sulfide) groups is 1. The highest BCUT2D eigenvalue weighted by Gasteiger charge is 2.15. The van der Waals surface area contributed by atoms with Gasteiger partial charge in [-0.05, 0) is 19.1 Å². The van der Waals surface area contributed by atoms with Crippen molar-refractivity contribution >= 4 is 51.1 Å². The third-order valence-electron chi connectivity index (χ3n) is 4.34. The van der Waals surface area contributed by atoms with E-state index in [1.807, 2.05) is 31.2 Å². The largest absolute Gasteiger partial charge is 0.325 e. The van der Waals surface area contributed by atoms with Crippen molar-refractivity contribution < 1.29 is 9.72 Å². The van der Waals surface area contributed by atoms with Gasteiger partial charge in [0.15, 0.2) is 5.65 Å². The molecule has 0 saturated carbocycles. The van der Waals surface area contributed by atoms with E-state index in [1.54, 1.807) is 6.07 Å². The summed E-state index contributed by atoms with van der Waals surface area (Å²) < 4.78 is 2.06. The van der Waals surface area contributed by atoms with Crippen molar-refractivity contribution in [2.45, 2.75) is 18.6 Å². The average molecular weight is 408 g/mol. The average Bonchev–Trinajstić information content (AvgIpc) is 3.05. The van der Waals surface area contributed by atoms with Gasteiger partial charge in [-0.3, -0.25) is 14.9 Å². The van der Waals surface area contributed by atoms with Gasteiger partial charge in [0.25, 0.3) is 5.69 Å². The minimum Gasteiger partial charge on any atom is -0.325 e. The van der Waals surface area contributed by atoms with E-state index in [-0.39, 0.29) is 17.3 Å². The first-order chi connectivity index (χ1) is 14.1. The van der Waals surface area contributed by atoms with Gasteiger partial charge in [-0.15, -0.1) is 10.2 Å². The van der Waals surface area contributed by atoms with Crippen LogP contribution in [-0.4, -0.2) is 36.3 Å². The number of benzene rings is 2. The van der Waals surface area contributed by atoms with E-state index in [9.17, 15) is 14.9 Å². The number of anilines is 1. The molecule has 146 valence electrons. The number of hydrogen-bond donors (Lipinski definition) is 1. The van der Waals surface area contributed by atoms with Crippen LogP contribution in [0.2, 0.25) is 0 Å². The number of nitro benzene ring substituents is 1. The number of non-ortho nitro benzene ring substituents is 1. The van der Waals surface area contributed by atoms with Crippen LogP contribution in [-0.2, 0) is 11.3 Å². The third-order valence-corrected chi connectivity index (χ3v) is 5.18. The molecule has 0 aliphatic carbocycles. The third kappa shape index (κ3) is 3.74. The number of aryl methyl sites for hydroxylation is 1.